The number of nitrogens with zero attached hydrogens (tertiary/aromatic N) is 5. The van der Waals surface area contributed by atoms with E-state index in [2.05, 4.69) is 25.3 Å². The standard InChI is InChI=1S/C19H20N6O2/c26-19(15-3-5-17(6-4-15)25-14-20-13-23-25)22-12-16-2-1-7-21-18(16)24-8-10-27-11-9-24/h1-7,13-14H,8-12H2,(H,22,26). The Bertz CT molecular complexity index is 889. The van der Waals surface area contributed by atoms with Crippen LogP contribution in [0.15, 0.2) is 55.2 Å². The molecule has 1 fully saturated rings. The zero-order valence-corrected chi connectivity index (χ0v) is 14.8. The lowest BCUT2D eigenvalue weighted by atomic mass is 10.1. The van der Waals surface area contributed by atoms with Crippen LogP contribution in [0.2, 0.25) is 0 Å². The normalized spacial score (nSPS) is 14.1. The minimum Gasteiger partial charge on any atom is -0.378 e. The molecule has 0 spiro atoms. The van der Waals surface area contributed by atoms with Crippen molar-refractivity contribution in [2.24, 2.45) is 0 Å². The third-order valence-corrected chi connectivity index (χ3v) is 4.43. The molecule has 0 aliphatic carbocycles. The molecule has 1 aliphatic heterocycles. The second-order valence-corrected chi connectivity index (χ2v) is 6.16. The van der Waals surface area contributed by atoms with Gasteiger partial charge in [-0.25, -0.2) is 14.6 Å². The van der Waals surface area contributed by atoms with Gasteiger partial charge in [0, 0.05) is 37.0 Å². The van der Waals surface area contributed by atoms with Crippen LogP contribution < -0.4 is 10.2 Å². The Kier molecular flexibility index (Phi) is 5.06. The van der Waals surface area contributed by atoms with Crippen molar-refractivity contribution in [1.29, 1.82) is 0 Å². The highest BCUT2D eigenvalue weighted by Crippen LogP contribution is 2.18. The number of hydrogen-bond acceptors (Lipinski definition) is 6. The highest BCUT2D eigenvalue weighted by molar-refractivity contribution is 5.94. The number of nitrogens with one attached hydrogen (secondary N) is 1. The lowest BCUT2D eigenvalue weighted by Crippen LogP contribution is -2.37. The van der Waals surface area contributed by atoms with Crippen LogP contribution in [0.4, 0.5) is 5.82 Å². The van der Waals surface area contributed by atoms with Gasteiger partial charge in [0.1, 0.15) is 18.5 Å². The smallest absolute Gasteiger partial charge is 0.251 e. The van der Waals surface area contributed by atoms with Crippen LogP contribution in [0.3, 0.4) is 0 Å². The summed E-state index contributed by atoms with van der Waals surface area (Å²) >= 11 is 0. The van der Waals surface area contributed by atoms with Gasteiger partial charge in [0.05, 0.1) is 18.9 Å². The number of ether oxygens (including phenoxy) is 1. The van der Waals surface area contributed by atoms with Crippen LogP contribution in [-0.4, -0.2) is 52.0 Å². The maximum absolute atomic E-state index is 12.5. The summed E-state index contributed by atoms with van der Waals surface area (Å²) in [6, 6.07) is 11.1. The largest absolute Gasteiger partial charge is 0.378 e. The number of aromatic nitrogens is 4. The third-order valence-electron chi connectivity index (χ3n) is 4.43. The van der Waals surface area contributed by atoms with E-state index in [1.165, 1.54) is 6.33 Å². The van der Waals surface area contributed by atoms with Gasteiger partial charge in [-0.2, -0.15) is 5.10 Å². The van der Waals surface area contributed by atoms with Crippen LogP contribution in [0.5, 0.6) is 0 Å². The van der Waals surface area contributed by atoms with Gasteiger partial charge in [-0.15, -0.1) is 0 Å². The fourth-order valence-corrected chi connectivity index (χ4v) is 3.01. The first kappa shape index (κ1) is 17.2. The van der Waals surface area contributed by atoms with Crippen molar-refractivity contribution >= 4 is 11.7 Å². The molecule has 1 N–H and O–H groups in total. The molecule has 4 rings (SSSR count). The summed E-state index contributed by atoms with van der Waals surface area (Å²) in [5.74, 6) is 0.777. The predicted octanol–water partition coefficient (Wildman–Crippen LogP) is 1.43. The van der Waals surface area contributed by atoms with Crippen LogP contribution in [-0.2, 0) is 11.3 Å². The summed E-state index contributed by atoms with van der Waals surface area (Å²) in [5, 5.41) is 7.05. The first-order chi connectivity index (χ1) is 13.3. The molecule has 1 saturated heterocycles. The van der Waals surface area contributed by atoms with E-state index in [0.717, 1.165) is 30.2 Å². The fraction of sp³-hybridized carbons (Fsp3) is 0.263. The van der Waals surface area contributed by atoms with Gasteiger partial charge in [-0.1, -0.05) is 6.07 Å². The zero-order chi connectivity index (χ0) is 18.5. The Balaban J connectivity index is 1.42. The van der Waals surface area contributed by atoms with E-state index in [4.69, 9.17) is 4.74 Å². The van der Waals surface area contributed by atoms with Gasteiger partial charge in [0.15, 0.2) is 0 Å². The molecule has 3 aromatic rings. The number of hydrogen-bond donors (Lipinski definition) is 1. The molecule has 8 heteroatoms. The average Bonchev–Trinajstić information content (AvgIpc) is 3.28. The number of morpholine rings is 1. The molecule has 8 nitrogen and oxygen atoms in total. The van der Waals surface area contributed by atoms with Gasteiger partial charge in [0.2, 0.25) is 0 Å². The van der Waals surface area contributed by atoms with Crippen molar-refractivity contribution in [3.8, 4) is 5.69 Å². The monoisotopic (exact) mass is 364 g/mol. The number of benzene rings is 1. The Morgan fingerprint density at radius 3 is 2.70 bits per heavy atom. The van der Waals surface area contributed by atoms with E-state index in [1.807, 2.05) is 24.3 Å². The first-order valence-corrected chi connectivity index (χ1v) is 8.81. The topological polar surface area (TPSA) is 85.2 Å². The molecular formula is C19H20N6O2. The van der Waals surface area contributed by atoms with E-state index < -0.39 is 0 Å². The molecule has 1 aromatic carbocycles. The summed E-state index contributed by atoms with van der Waals surface area (Å²) in [6.07, 6.45) is 4.87. The molecule has 0 bridgehead atoms. The molecule has 2 aromatic heterocycles. The molecule has 1 aliphatic rings. The number of carbonyl (C=O) groups excluding carboxylic acids is 1. The summed E-state index contributed by atoms with van der Waals surface area (Å²) in [4.78, 5) is 23.1. The zero-order valence-electron chi connectivity index (χ0n) is 14.8. The van der Waals surface area contributed by atoms with Crippen molar-refractivity contribution < 1.29 is 9.53 Å². The van der Waals surface area contributed by atoms with Crippen molar-refractivity contribution in [3.05, 3.63) is 66.4 Å². The van der Waals surface area contributed by atoms with Gasteiger partial charge < -0.3 is 15.0 Å². The second kappa shape index (κ2) is 7.96. The minimum absolute atomic E-state index is 0.128. The van der Waals surface area contributed by atoms with Crippen LogP contribution in [0.25, 0.3) is 5.69 Å². The molecule has 27 heavy (non-hydrogen) atoms. The van der Waals surface area contributed by atoms with Crippen LogP contribution >= 0.6 is 0 Å². The molecule has 0 radical (unpaired) electrons. The Labute approximate surface area is 156 Å². The Morgan fingerprint density at radius 1 is 1.15 bits per heavy atom. The molecule has 0 unspecified atom stereocenters. The number of pyridine rings is 1. The van der Waals surface area contributed by atoms with E-state index in [-0.39, 0.29) is 5.91 Å². The highest BCUT2D eigenvalue weighted by Gasteiger charge is 2.16. The molecule has 0 atom stereocenters. The summed E-state index contributed by atoms with van der Waals surface area (Å²) in [7, 11) is 0. The second-order valence-electron chi connectivity index (χ2n) is 6.16. The number of anilines is 1. The van der Waals surface area contributed by atoms with Crippen molar-refractivity contribution in [2.75, 3.05) is 31.2 Å². The maximum Gasteiger partial charge on any atom is 0.251 e. The summed E-state index contributed by atoms with van der Waals surface area (Å²) in [5.41, 5.74) is 2.44. The molecule has 138 valence electrons. The first-order valence-electron chi connectivity index (χ1n) is 8.81. The molecule has 0 saturated carbocycles. The highest BCUT2D eigenvalue weighted by atomic mass is 16.5. The molecular weight excluding hydrogens is 344 g/mol. The number of amides is 1. The van der Waals surface area contributed by atoms with Gasteiger partial charge in [0.25, 0.3) is 5.91 Å². The predicted molar refractivity (Wildman–Crippen MR) is 99.8 cm³/mol. The van der Waals surface area contributed by atoms with Crippen molar-refractivity contribution in [2.45, 2.75) is 6.54 Å². The van der Waals surface area contributed by atoms with E-state index in [0.29, 0.717) is 25.3 Å². The van der Waals surface area contributed by atoms with E-state index in [9.17, 15) is 4.79 Å². The van der Waals surface area contributed by atoms with Crippen molar-refractivity contribution in [3.63, 3.8) is 0 Å². The quantitative estimate of drug-likeness (QED) is 0.737. The summed E-state index contributed by atoms with van der Waals surface area (Å²) < 4.78 is 7.05. The lowest BCUT2D eigenvalue weighted by molar-refractivity contribution is 0.0950. The van der Waals surface area contributed by atoms with Crippen LogP contribution in [0, 0.1) is 0 Å². The van der Waals surface area contributed by atoms with Crippen LogP contribution in [0.1, 0.15) is 15.9 Å². The number of rotatable bonds is 5. The Morgan fingerprint density at radius 2 is 1.96 bits per heavy atom. The van der Waals surface area contributed by atoms with E-state index >= 15 is 0 Å². The minimum atomic E-state index is -0.128. The lowest BCUT2D eigenvalue weighted by Gasteiger charge is -2.29. The molecule has 3 heterocycles. The average molecular weight is 364 g/mol. The third kappa shape index (κ3) is 3.95. The van der Waals surface area contributed by atoms with Gasteiger partial charge >= 0.3 is 0 Å². The van der Waals surface area contributed by atoms with E-state index in [1.54, 1.807) is 29.3 Å². The summed E-state index contributed by atoms with van der Waals surface area (Å²) in [6.45, 7) is 3.43. The molecule has 1 amide bonds. The fourth-order valence-electron chi connectivity index (χ4n) is 3.01. The Hall–Kier alpha value is -3.26. The van der Waals surface area contributed by atoms with Crippen molar-refractivity contribution in [1.82, 2.24) is 25.1 Å². The maximum atomic E-state index is 12.5. The number of carbonyl (C=O) groups is 1. The van der Waals surface area contributed by atoms with Gasteiger partial charge in [-0.3, -0.25) is 4.79 Å². The van der Waals surface area contributed by atoms with Gasteiger partial charge in [-0.05, 0) is 30.3 Å². The SMILES string of the molecule is O=C(NCc1cccnc1N1CCOCC1)c1ccc(-n2cncn2)cc1.